The Morgan fingerprint density at radius 2 is 2.11 bits per heavy atom. The first-order valence-corrected chi connectivity index (χ1v) is 6.33. The highest BCUT2D eigenvalue weighted by atomic mass is 79.9. The number of nitrogens with zero attached hydrogens (tertiary/aromatic N) is 2. The van der Waals surface area contributed by atoms with Crippen molar-refractivity contribution in [3.05, 3.63) is 40.6 Å². The molecule has 0 saturated heterocycles. The number of rotatable bonds is 4. The molecule has 4 nitrogen and oxygen atoms in total. The smallest absolute Gasteiger partial charge is 0.157 e. The quantitative estimate of drug-likeness (QED) is 0.943. The molecular formula is C13H14BrN3O. The molecule has 94 valence electrons. The molecule has 1 N–H and O–H groups in total. The Balaban J connectivity index is 2.46. The lowest BCUT2D eigenvalue weighted by molar-refractivity contribution is 0.178. The highest BCUT2D eigenvalue weighted by Crippen LogP contribution is 2.23. The molecule has 1 aromatic heterocycles. The third kappa shape index (κ3) is 3.05. The summed E-state index contributed by atoms with van der Waals surface area (Å²) in [5.74, 6) is 1.45. The van der Waals surface area contributed by atoms with Crippen molar-refractivity contribution in [3.8, 4) is 11.3 Å². The Kier molecular flexibility index (Phi) is 4.28. The van der Waals surface area contributed by atoms with Crippen molar-refractivity contribution in [1.29, 1.82) is 0 Å². The first-order chi connectivity index (χ1) is 8.72. The summed E-state index contributed by atoms with van der Waals surface area (Å²) < 4.78 is 6.11. The van der Waals surface area contributed by atoms with E-state index in [2.05, 4.69) is 31.2 Å². The summed E-state index contributed by atoms with van der Waals surface area (Å²) in [4.78, 5) is 8.82. The summed E-state index contributed by atoms with van der Waals surface area (Å²) in [6.45, 7) is 0.399. The van der Waals surface area contributed by atoms with Gasteiger partial charge in [0.15, 0.2) is 5.82 Å². The van der Waals surface area contributed by atoms with Crippen LogP contribution in [0.4, 0.5) is 5.82 Å². The van der Waals surface area contributed by atoms with Gasteiger partial charge in [0.2, 0.25) is 0 Å². The molecule has 0 atom stereocenters. The van der Waals surface area contributed by atoms with Crippen LogP contribution in [0.15, 0.2) is 34.8 Å². The zero-order valence-electron chi connectivity index (χ0n) is 10.3. The molecule has 2 aromatic rings. The summed E-state index contributed by atoms with van der Waals surface area (Å²) in [7, 11) is 3.47. The molecule has 0 aliphatic carbocycles. The standard InChI is InChI=1S/C13H14BrN3O/c1-15-12-7-11(16-13(17-12)8-18-2)9-4-3-5-10(14)6-9/h3-7H,8H2,1-2H3,(H,15,16,17). The van der Waals surface area contributed by atoms with E-state index in [0.29, 0.717) is 12.4 Å². The molecule has 0 unspecified atom stereocenters. The van der Waals surface area contributed by atoms with Crippen LogP contribution in [0.2, 0.25) is 0 Å². The Bertz CT molecular complexity index is 546. The topological polar surface area (TPSA) is 47.0 Å². The minimum Gasteiger partial charge on any atom is -0.377 e. The van der Waals surface area contributed by atoms with E-state index >= 15 is 0 Å². The molecule has 5 heteroatoms. The molecule has 0 saturated carbocycles. The van der Waals surface area contributed by atoms with E-state index in [0.717, 1.165) is 21.5 Å². The van der Waals surface area contributed by atoms with E-state index < -0.39 is 0 Å². The highest BCUT2D eigenvalue weighted by molar-refractivity contribution is 9.10. The number of aromatic nitrogens is 2. The van der Waals surface area contributed by atoms with Gasteiger partial charge in [-0.2, -0.15) is 0 Å². The van der Waals surface area contributed by atoms with Crippen molar-refractivity contribution < 1.29 is 4.74 Å². The summed E-state index contributed by atoms with van der Waals surface area (Å²) in [5, 5.41) is 3.03. The Hall–Kier alpha value is -1.46. The van der Waals surface area contributed by atoms with Crippen LogP contribution in [-0.2, 0) is 11.3 Å². The van der Waals surface area contributed by atoms with Gasteiger partial charge in [-0.25, -0.2) is 9.97 Å². The fourth-order valence-corrected chi connectivity index (χ4v) is 2.01. The van der Waals surface area contributed by atoms with Crippen molar-refractivity contribution in [2.45, 2.75) is 6.61 Å². The fraction of sp³-hybridized carbons (Fsp3) is 0.231. The van der Waals surface area contributed by atoms with Crippen LogP contribution >= 0.6 is 15.9 Å². The Morgan fingerprint density at radius 3 is 2.78 bits per heavy atom. The lowest BCUT2D eigenvalue weighted by Crippen LogP contribution is -2.02. The molecule has 18 heavy (non-hydrogen) atoms. The van der Waals surface area contributed by atoms with Gasteiger partial charge >= 0.3 is 0 Å². The van der Waals surface area contributed by atoms with E-state index in [-0.39, 0.29) is 0 Å². The van der Waals surface area contributed by atoms with E-state index in [1.165, 1.54) is 0 Å². The van der Waals surface area contributed by atoms with Crippen molar-refractivity contribution in [1.82, 2.24) is 9.97 Å². The van der Waals surface area contributed by atoms with Crippen LogP contribution in [-0.4, -0.2) is 24.1 Å². The lowest BCUT2D eigenvalue weighted by atomic mass is 10.1. The molecule has 1 heterocycles. The number of hydrogen-bond donors (Lipinski definition) is 1. The predicted octanol–water partition coefficient (Wildman–Crippen LogP) is 3.09. The molecule has 0 amide bonds. The highest BCUT2D eigenvalue weighted by Gasteiger charge is 2.06. The van der Waals surface area contributed by atoms with Gasteiger partial charge in [-0.1, -0.05) is 28.1 Å². The van der Waals surface area contributed by atoms with E-state index in [1.807, 2.05) is 37.4 Å². The zero-order valence-corrected chi connectivity index (χ0v) is 11.9. The summed E-state index contributed by atoms with van der Waals surface area (Å²) in [5.41, 5.74) is 1.92. The summed E-state index contributed by atoms with van der Waals surface area (Å²) in [6.07, 6.45) is 0. The average Bonchev–Trinajstić information content (AvgIpc) is 2.39. The maximum Gasteiger partial charge on any atom is 0.157 e. The Morgan fingerprint density at radius 1 is 1.28 bits per heavy atom. The molecule has 0 fully saturated rings. The van der Waals surface area contributed by atoms with Crippen LogP contribution in [0, 0.1) is 0 Å². The van der Waals surface area contributed by atoms with Gasteiger partial charge < -0.3 is 10.1 Å². The van der Waals surface area contributed by atoms with Gasteiger partial charge in [-0.3, -0.25) is 0 Å². The van der Waals surface area contributed by atoms with Gasteiger partial charge in [-0.15, -0.1) is 0 Å². The molecule has 0 spiro atoms. The fourth-order valence-electron chi connectivity index (χ4n) is 1.61. The molecule has 0 bridgehead atoms. The van der Waals surface area contributed by atoms with Crippen LogP contribution in [0.5, 0.6) is 0 Å². The molecule has 0 aliphatic rings. The normalized spacial score (nSPS) is 10.4. The number of anilines is 1. The summed E-state index contributed by atoms with van der Waals surface area (Å²) in [6, 6.07) is 9.93. The molecule has 0 radical (unpaired) electrons. The van der Waals surface area contributed by atoms with Gasteiger partial charge in [0.25, 0.3) is 0 Å². The third-order valence-corrected chi connectivity index (χ3v) is 2.92. The second kappa shape index (κ2) is 5.93. The van der Waals surface area contributed by atoms with Gasteiger partial charge in [0.1, 0.15) is 12.4 Å². The van der Waals surface area contributed by atoms with E-state index in [4.69, 9.17) is 4.74 Å². The van der Waals surface area contributed by atoms with Crippen molar-refractivity contribution >= 4 is 21.7 Å². The molecule has 2 rings (SSSR count). The molecular weight excluding hydrogens is 294 g/mol. The number of benzene rings is 1. The largest absolute Gasteiger partial charge is 0.377 e. The van der Waals surface area contributed by atoms with Crippen LogP contribution < -0.4 is 5.32 Å². The van der Waals surface area contributed by atoms with Gasteiger partial charge in [0, 0.05) is 30.3 Å². The monoisotopic (exact) mass is 307 g/mol. The second-order valence-electron chi connectivity index (χ2n) is 3.75. The summed E-state index contributed by atoms with van der Waals surface area (Å²) >= 11 is 3.46. The van der Waals surface area contributed by atoms with Gasteiger partial charge in [-0.05, 0) is 12.1 Å². The first kappa shape index (κ1) is 13.0. The maximum atomic E-state index is 5.08. The number of halogens is 1. The maximum absolute atomic E-state index is 5.08. The third-order valence-electron chi connectivity index (χ3n) is 2.42. The van der Waals surface area contributed by atoms with Crippen LogP contribution in [0.3, 0.4) is 0 Å². The van der Waals surface area contributed by atoms with Crippen molar-refractivity contribution in [2.24, 2.45) is 0 Å². The zero-order chi connectivity index (χ0) is 13.0. The van der Waals surface area contributed by atoms with E-state index in [1.54, 1.807) is 7.11 Å². The number of methoxy groups -OCH3 is 1. The molecule has 0 aliphatic heterocycles. The SMILES string of the molecule is CNc1cc(-c2cccc(Br)c2)nc(COC)n1. The second-order valence-corrected chi connectivity index (χ2v) is 4.66. The van der Waals surface area contributed by atoms with Gasteiger partial charge in [0.05, 0.1) is 5.69 Å². The molecule has 1 aromatic carbocycles. The number of hydrogen-bond acceptors (Lipinski definition) is 4. The van der Waals surface area contributed by atoms with E-state index in [9.17, 15) is 0 Å². The predicted molar refractivity (Wildman–Crippen MR) is 75.4 cm³/mol. The van der Waals surface area contributed by atoms with Crippen LogP contribution in [0.1, 0.15) is 5.82 Å². The lowest BCUT2D eigenvalue weighted by Gasteiger charge is -2.07. The minimum absolute atomic E-state index is 0.399. The Labute approximate surface area is 115 Å². The van der Waals surface area contributed by atoms with Crippen LogP contribution in [0.25, 0.3) is 11.3 Å². The number of nitrogens with one attached hydrogen (secondary N) is 1. The minimum atomic E-state index is 0.399. The average molecular weight is 308 g/mol. The number of ether oxygens (including phenoxy) is 1. The van der Waals surface area contributed by atoms with Crippen molar-refractivity contribution in [2.75, 3.05) is 19.5 Å². The van der Waals surface area contributed by atoms with Crippen molar-refractivity contribution in [3.63, 3.8) is 0 Å². The first-order valence-electron chi connectivity index (χ1n) is 5.53.